The average molecular weight is 408 g/mol. The molecule has 0 aliphatic heterocycles. The Morgan fingerprint density at radius 3 is 2.43 bits per heavy atom. The molecule has 0 fully saturated rings. The van der Waals surface area contributed by atoms with Gasteiger partial charge in [-0.15, -0.1) is 11.6 Å². The molecule has 154 valence electrons. The van der Waals surface area contributed by atoms with Gasteiger partial charge >= 0.3 is 0 Å². The van der Waals surface area contributed by atoms with Gasteiger partial charge in [-0.3, -0.25) is 9.59 Å². The van der Waals surface area contributed by atoms with Gasteiger partial charge in [0, 0.05) is 30.9 Å². The van der Waals surface area contributed by atoms with Crippen molar-refractivity contribution in [2.75, 3.05) is 12.4 Å². The number of alkyl halides is 1. The summed E-state index contributed by atoms with van der Waals surface area (Å²) in [6.07, 6.45) is 3.53. The quantitative estimate of drug-likeness (QED) is 0.596. The molecule has 2 amide bonds. The van der Waals surface area contributed by atoms with E-state index in [-0.39, 0.29) is 30.3 Å². The lowest BCUT2D eigenvalue weighted by Crippen LogP contribution is -2.50. The Morgan fingerprint density at radius 1 is 1.21 bits per heavy atom. The monoisotopic (exact) mass is 407 g/mol. The molecule has 0 saturated heterocycles. The number of aryl methyl sites for hydroxylation is 1. The Bertz CT molecular complexity index is 781. The second kappa shape index (κ2) is 9.32. The number of nitrogens with zero attached hydrogens (tertiary/aromatic N) is 3. The number of furan rings is 1. The molecule has 0 aromatic carbocycles. The lowest BCUT2D eigenvalue weighted by molar-refractivity contribution is -0.147. The lowest BCUT2D eigenvalue weighted by Gasteiger charge is -2.34. The molecule has 0 atom stereocenters. The topological polar surface area (TPSA) is 58.7 Å². The summed E-state index contributed by atoms with van der Waals surface area (Å²) in [6.45, 7) is 8.19. The van der Waals surface area contributed by atoms with E-state index in [1.807, 2.05) is 49.9 Å². The molecular weight excluding hydrogens is 378 g/mol. The summed E-state index contributed by atoms with van der Waals surface area (Å²) in [5.74, 6) is 0.640. The van der Waals surface area contributed by atoms with Crippen LogP contribution in [0.4, 0.5) is 0 Å². The normalized spacial score (nSPS) is 11.7. The molecule has 28 heavy (non-hydrogen) atoms. The average Bonchev–Trinajstić information content (AvgIpc) is 3.30. The predicted molar refractivity (Wildman–Crippen MR) is 110 cm³/mol. The number of hydrogen-bond donors (Lipinski definition) is 0. The van der Waals surface area contributed by atoms with Gasteiger partial charge in [0.25, 0.3) is 0 Å². The smallest absolute Gasteiger partial charge is 0.242 e. The van der Waals surface area contributed by atoms with E-state index in [0.29, 0.717) is 18.8 Å². The van der Waals surface area contributed by atoms with Crippen LogP contribution in [0.5, 0.6) is 0 Å². The van der Waals surface area contributed by atoms with Crippen LogP contribution in [0.1, 0.15) is 39.1 Å². The highest BCUT2D eigenvalue weighted by molar-refractivity contribution is 6.19. The minimum atomic E-state index is -0.726. The Labute approximate surface area is 172 Å². The van der Waals surface area contributed by atoms with Gasteiger partial charge in [0.1, 0.15) is 12.3 Å². The Kier molecular flexibility index (Phi) is 7.35. The van der Waals surface area contributed by atoms with Crippen LogP contribution in [-0.4, -0.2) is 44.6 Å². The van der Waals surface area contributed by atoms with Crippen molar-refractivity contribution < 1.29 is 14.0 Å². The summed E-state index contributed by atoms with van der Waals surface area (Å²) in [5, 5.41) is 0. The first-order chi connectivity index (χ1) is 13.2. The van der Waals surface area contributed by atoms with Gasteiger partial charge in [-0.2, -0.15) is 0 Å². The van der Waals surface area contributed by atoms with Gasteiger partial charge in [-0.05, 0) is 52.0 Å². The van der Waals surface area contributed by atoms with Crippen LogP contribution in [-0.2, 0) is 29.7 Å². The second-order valence-corrected chi connectivity index (χ2v) is 8.25. The Morgan fingerprint density at radius 2 is 1.93 bits per heavy atom. The van der Waals surface area contributed by atoms with Crippen molar-refractivity contribution in [3.63, 3.8) is 0 Å². The first kappa shape index (κ1) is 22.1. The number of carbonyl (C=O) groups excluding carboxylic acids is 2. The van der Waals surface area contributed by atoms with Gasteiger partial charge in [-0.25, -0.2) is 0 Å². The molecule has 2 rings (SSSR count). The molecule has 6 nitrogen and oxygen atoms in total. The van der Waals surface area contributed by atoms with Crippen LogP contribution in [0.2, 0.25) is 0 Å². The molecule has 0 aliphatic carbocycles. The third kappa shape index (κ3) is 5.41. The number of aromatic nitrogens is 1. The van der Waals surface area contributed by atoms with Crippen molar-refractivity contribution in [3.05, 3.63) is 48.2 Å². The van der Waals surface area contributed by atoms with Crippen LogP contribution in [0.25, 0.3) is 0 Å². The van der Waals surface area contributed by atoms with E-state index in [9.17, 15) is 9.59 Å². The maximum atomic E-state index is 13.2. The van der Waals surface area contributed by atoms with Crippen LogP contribution in [0.15, 0.2) is 41.1 Å². The standard InChI is InChI=1S/C21H30ClN3O3/c1-16(2)25(20(27)21(3,4)15-22)14-19(26)24(13-18-9-7-11-28-18)12-17-8-6-10-23(17)5/h6-11,16H,12-15H2,1-5H3. The minimum absolute atomic E-state index is 0.00193. The van der Waals surface area contributed by atoms with E-state index in [1.54, 1.807) is 36.0 Å². The Hall–Kier alpha value is -2.21. The number of rotatable bonds is 9. The van der Waals surface area contributed by atoms with Crippen molar-refractivity contribution in [1.82, 2.24) is 14.4 Å². The molecule has 2 aromatic rings. The molecule has 0 aliphatic rings. The van der Waals surface area contributed by atoms with E-state index in [4.69, 9.17) is 16.0 Å². The summed E-state index contributed by atoms with van der Waals surface area (Å²) in [4.78, 5) is 29.4. The zero-order chi connectivity index (χ0) is 20.9. The largest absolute Gasteiger partial charge is 0.467 e. The maximum Gasteiger partial charge on any atom is 0.242 e. The molecule has 0 unspecified atom stereocenters. The van der Waals surface area contributed by atoms with Crippen LogP contribution >= 0.6 is 11.6 Å². The summed E-state index contributed by atoms with van der Waals surface area (Å²) >= 11 is 5.98. The highest BCUT2D eigenvalue weighted by Gasteiger charge is 2.34. The van der Waals surface area contributed by atoms with Gasteiger partial charge in [0.15, 0.2) is 0 Å². The lowest BCUT2D eigenvalue weighted by atomic mass is 9.93. The highest BCUT2D eigenvalue weighted by Crippen LogP contribution is 2.22. The second-order valence-electron chi connectivity index (χ2n) is 7.98. The molecule has 0 bridgehead atoms. The molecule has 0 spiro atoms. The predicted octanol–water partition coefficient (Wildman–Crippen LogP) is 3.65. The van der Waals surface area contributed by atoms with Gasteiger partial charge in [0.05, 0.1) is 24.8 Å². The molecule has 0 radical (unpaired) electrons. The number of halogens is 1. The number of carbonyl (C=O) groups is 2. The number of hydrogen-bond acceptors (Lipinski definition) is 3. The van der Waals surface area contributed by atoms with Crippen molar-refractivity contribution in [2.45, 2.75) is 46.8 Å². The van der Waals surface area contributed by atoms with Gasteiger partial charge in [-0.1, -0.05) is 0 Å². The summed E-state index contributed by atoms with van der Waals surface area (Å²) < 4.78 is 7.41. The van der Waals surface area contributed by atoms with E-state index in [2.05, 4.69) is 0 Å². The molecule has 2 heterocycles. The van der Waals surface area contributed by atoms with Crippen LogP contribution < -0.4 is 0 Å². The van der Waals surface area contributed by atoms with Crippen molar-refractivity contribution in [2.24, 2.45) is 12.5 Å². The van der Waals surface area contributed by atoms with Gasteiger partial charge in [0.2, 0.25) is 11.8 Å². The first-order valence-corrected chi connectivity index (χ1v) is 9.96. The first-order valence-electron chi connectivity index (χ1n) is 9.43. The molecule has 0 N–H and O–H groups in total. The van der Waals surface area contributed by atoms with Crippen molar-refractivity contribution in [3.8, 4) is 0 Å². The highest BCUT2D eigenvalue weighted by atomic mass is 35.5. The zero-order valence-corrected chi connectivity index (χ0v) is 18.1. The molecular formula is C21H30ClN3O3. The van der Waals surface area contributed by atoms with Crippen LogP contribution in [0.3, 0.4) is 0 Å². The van der Waals surface area contributed by atoms with Gasteiger partial charge < -0.3 is 18.8 Å². The summed E-state index contributed by atoms with van der Waals surface area (Å²) in [5.41, 5.74) is 0.277. The maximum absolute atomic E-state index is 13.2. The molecule has 2 aromatic heterocycles. The zero-order valence-electron chi connectivity index (χ0n) is 17.3. The third-order valence-electron chi connectivity index (χ3n) is 4.79. The SMILES string of the molecule is CC(C)N(CC(=O)N(Cc1ccco1)Cc1cccn1C)C(=O)C(C)(C)CCl. The van der Waals surface area contributed by atoms with Crippen molar-refractivity contribution >= 4 is 23.4 Å². The van der Waals surface area contributed by atoms with Crippen molar-refractivity contribution in [1.29, 1.82) is 0 Å². The fraction of sp³-hybridized carbons (Fsp3) is 0.524. The van der Waals surface area contributed by atoms with Crippen LogP contribution in [0, 0.1) is 5.41 Å². The van der Waals surface area contributed by atoms with E-state index >= 15 is 0 Å². The van der Waals surface area contributed by atoms with E-state index in [1.165, 1.54) is 0 Å². The number of amides is 2. The van der Waals surface area contributed by atoms with E-state index < -0.39 is 5.41 Å². The third-order valence-corrected chi connectivity index (χ3v) is 5.45. The fourth-order valence-electron chi connectivity index (χ4n) is 2.86. The molecule has 7 heteroatoms. The fourth-order valence-corrected chi connectivity index (χ4v) is 2.97. The summed E-state index contributed by atoms with van der Waals surface area (Å²) in [7, 11) is 1.94. The summed E-state index contributed by atoms with van der Waals surface area (Å²) in [6, 6.07) is 7.45. The minimum Gasteiger partial charge on any atom is -0.467 e. The Balaban J connectivity index is 2.21. The molecule has 0 saturated carbocycles. The van der Waals surface area contributed by atoms with E-state index in [0.717, 1.165) is 5.69 Å².